The van der Waals surface area contributed by atoms with Gasteiger partial charge in [0, 0.05) is 18.8 Å². The second kappa shape index (κ2) is 10.2. The standard InChI is InChI=1S/C25H25N3O3S2/c1-19-11-12-22-23(15-19)32-25(27-22)28(17-21-9-5-13-26-16-21)24(29)10-6-14-33(30,31)18-20-7-3-2-4-8-20/h2-5,7-9,11-13,15-16H,6,10,14,17-18H2,1H3. The molecular formula is C25H25N3O3S2. The molecule has 2 aromatic carbocycles. The van der Waals surface area contributed by atoms with Gasteiger partial charge in [0.25, 0.3) is 0 Å². The molecule has 0 aliphatic heterocycles. The molecule has 0 atom stereocenters. The van der Waals surface area contributed by atoms with Gasteiger partial charge in [-0.25, -0.2) is 13.4 Å². The number of fused-ring (bicyclic) bond motifs is 1. The Bertz CT molecular complexity index is 1340. The molecule has 2 heterocycles. The summed E-state index contributed by atoms with van der Waals surface area (Å²) in [4.78, 5) is 23.7. The van der Waals surface area contributed by atoms with Crippen molar-refractivity contribution in [2.24, 2.45) is 0 Å². The van der Waals surface area contributed by atoms with E-state index in [1.54, 1.807) is 29.4 Å². The Labute approximate surface area is 197 Å². The highest BCUT2D eigenvalue weighted by atomic mass is 32.2. The van der Waals surface area contributed by atoms with Crippen LogP contribution >= 0.6 is 11.3 Å². The zero-order valence-corrected chi connectivity index (χ0v) is 20.0. The smallest absolute Gasteiger partial charge is 0.229 e. The molecule has 0 radical (unpaired) electrons. The van der Waals surface area contributed by atoms with Gasteiger partial charge in [0.2, 0.25) is 5.91 Å². The minimum absolute atomic E-state index is 0.0152. The molecule has 0 unspecified atom stereocenters. The van der Waals surface area contributed by atoms with E-state index in [2.05, 4.69) is 16.0 Å². The Morgan fingerprint density at radius 1 is 1.03 bits per heavy atom. The monoisotopic (exact) mass is 479 g/mol. The molecule has 0 aliphatic carbocycles. The van der Waals surface area contributed by atoms with E-state index in [1.165, 1.54) is 11.3 Å². The first-order valence-corrected chi connectivity index (χ1v) is 13.3. The van der Waals surface area contributed by atoms with E-state index >= 15 is 0 Å². The number of benzene rings is 2. The lowest BCUT2D eigenvalue weighted by Gasteiger charge is -2.20. The van der Waals surface area contributed by atoms with E-state index in [0.29, 0.717) is 11.7 Å². The van der Waals surface area contributed by atoms with E-state index in [1.807, 2.05) is 49.4 Å². The van der Waals surface area contributed by atoms with Crippen molar-refractivity contribution in [3.05, 3.63) is 89.7 Å². The number of amides is 1. The number of pyridine rings is 1. The molecule has 0 aliphatic rings. The Morgan fingerprint density at radius 2 is 1.82 bits per heavy atom. The average molecular weight is 480 g/mol. The number of aryl methyl sites for hydroxylation is 1. The summed E-state index contributed by atoms with van der Waals surface area (Å²) in [6.45, 7) is 2.36. The number of hydrogen-bond acceptors (Lipinski definition) is 6. The van der Waals surface area contributed by atoms with Crippen molar-refractivity contribution in [3.8, 4) is 0 Å². The van der Waals surface area contributed by atoms with E-state index in [4.69, 9.17) is 0 Å². The third-order valence-electron chi connectivity index (χ3n) is 5.20. The maximum absolute atomic E-state index is 13.2. The zero-order valence-electron chi connectivity index (χ0n) is 18.3. The second-order valence-electron chi connectivity index (χ2n) is 7.99. The normalized spacial score (nSPS) is 11.5. The third kappa shape index (κ3) is 6.24. The first-order valence-electron chi connectivity index (χ1n) is 10.7. The summed E-state index contributed by atoms with van der Waals surface area (Å²) < 4.78 is 26.0. The number of anilines is 1. The summed E-state index contributed by atoms with van der Waals surface area (Å²) in [6.07, 6.45) is 3.81. The van der Waals surface area contributed by atoms with E-state index in [-0.39, 0.29) is 30.3 Å². The fourth-order valence-electron chi connectivity index (χ4n) is 3.55. The van der Waals surface area contributed by atoms with Gasteiger partial charge in [-0.2, -0.15) is 0 Å². The molecule has 8 heteroatoms. The predicted molar refractivity (Wildman–Crippen MR) is 133 cm³/mol. The molecule has 0 bridgehead atoms. The fourth-order valence-corrected chi connectivity index (χ4v) is 6.06. The van der Waals surface area contributed by atoms with Crippen molar-refractivity contribution in [1.29, 1.82) is 0 Å². The number of carbonyl (C=O) groups excluding carboxylic acids is 1. The number of nitrogens with zero attached hydrogens (tertiary/aromatic N) is 3. The Hall–Kier alpha value is -3.10. The summed E-state index contributed by atoms with van der Waals surface area (Å²) in [7, 11) is -3.30. The van der Waals surface area contributed by atoms with Crippen LogP contribution in [0.25, 0.3) is 10.2 Å². The van der Waals surface area contributed by atoms with Gasteiger partial charge in [0.1, 0.15) is 0 Å². The quantitative estimate of drug-likeness (QED) is 0.340. The molecule has 0 N–H and O–H groups in total. The maximum Gasteiger partial charge on any atom is 0.229 e. The van der Waals surface area contributed by atoms with Crippen LogP contribution in [0, 0.1) is 6.92 Å². The van der Waals surface area contributed by atoms with Crippen molar-refractivity contribution in [2.45, 2.75) is 32.1 Å². The molecule has 0 saturated heterocycles. The number of thiazole rings is 1. The van der Waals surface area contributed by atoms with Gasteiger partial charge in [-0.15, -0.1) is 0 Å². The van der Waals surface area contributed by atoms with Crippen LogP contribution in [0.15, 0.2) is 73.1 Å². The number of hydrogen-bond donors (Lipinski definition) is 0. The lowest BCUT2D eigenvalue weighted by molar-refractivity contribution is -0.118. The van der Waals surface area contributed by atoms with Gasteiger partial charge in [-0.05, 0) is 48.2 Å². The predicted octanol–water partition coefficient (Wildman–Crippen LogP) is 4.93. The van der Waals surface area contributed by atoms with Crippen LogP contribution in [0.2, 0.25) is 0 Å². The SMILES string of the molecule is Cc1ccc2nc(N(Cc3cccnc3)C(=O)CCCS(=O)(=O)Cc3ccccc3)sc2c1. The minimum atomic E-state index is -3.30. The Morgan fingerprint density at radius 3 is 2.58 bits per heavy atom. The van der Waals surface area contributed by atoms with Crippen molar-refractivity contribution in [3.63, 3.8) is 0 Å². The molecular weight excluding hydrogens is 454 g/mol. The lowest BCUT2D eigenvalue weighted by Crippen LogP contribution is -2.30. The largest absolute Gasteiger partial charge is 0.284 e. The molecule has 4 rings (SSSR count). The highest BCUT2D eigenvalue weighted by Gasteiger charge is 2.21. The number of aromatic nitrogens is 2. The molecule has 0 fully saturated rings. The lowest BCUT2D eigenvalue weighted by atomic mass is 10.2. The molecule has 4 aromatic rings. The molecule has 0 saturated carbocycles. The topological polar surface area (TPSA) is 80.2 Å². The number of rotatable bonds is 9. The van der Waals surface area contributed by atoms with Gasteiger partial charge in [0.15, 0.2) is 15.0 Å². The first kappa shape index (κ1) is 23.1. The summed E-state index contributed by atoms with van der Waals surface area (Å²) in [5, 5.41) is 0.608. The van der Waals surface area contributed by atoms with E-state index < -0.39 is 9.84 Å². The Kier molecular flexibility index (Phi) is 7.15. The van der Waals surface area contributed by atoms with Gasteiger partial charge in [-0.1, -0.05) is 53.8 Å². The molecule has 1 amide bonds. The Balaban J connectivity index is 1.48. The van der Waals surface area contributed by atoms with Gasteiger partial charge in [0.05, 0.1) is 28.3 Å². The van der Waals surface area contributed by atoms with E-state index in [0.717, 1.165) is 26.9 Å². The maximum atomic E-state index is 13.2. The summed E-state index contributed by atoms with van der Waals surface area (Å²) in [5.74, 6) is -0.198. The molecule has 0 spiro atoms. The van der Waals surface area contributed by atoms with Crippen molar-refractivity contribution >= 4 is 42.4 Å². The van der Waals surface area contributed by atoms with Crippen molar-refractivity contribution in [1.82, 2.24) is 9.97 Å². The van der Waals surface area contributed by atoms with Crippen molar-refractivity contribution < 1.29 is 13.2 Å². The zero-order chi connectivity index (χ0) is 23.3. The highest BCUT2D eigenvalue weighted by molar-refractivity contribution is 7.90. The van der Waals surface area contributed by atoms with E-state index in [9.17, 15) is 13.2 Å². The second-order valence-corrected chi connectivity index (χ2v) is 11.2. The number of carbonyl (C=O) groups is 1. The first-order chi connectivity index (χ1) is 15.9. The highest BCUT2D eigenvalue weighted by Crippen LogP contribution is 2.31. The van der Waals surface area contributed by atoms with Crippen LogP contribution in [-0.4, -0.2) is 30.0 Å². The van der Waals surface area contributed by atoms with Crippen LogP contribution in [0.1, 0.15) is 29.5 Å². The fraction of sp³-hybridized carbons (Fsp3) is 0.240. The van der Waals surface area contributed by atoms with Crippen LogP contribution in [-0.2, 0) is 26.9 Å². The molecule has 170 valence electrons. The van der Waals surface area contributed by atoms with Gasteiger partial charge in [-0.3, -0.25) is 14.7 Å². The molecule has 2 aromatic heterocycles. The summed E-state index contributed by atoms with van der Waals surface area (Å²) >= 11 is 1.46. The van der Waals surface area contributed by atoms with Gasteiger partial charge >= 0.3 is 0 Å². The third-order valence-corrected chi connectivity index (χ3v) is 7.93. The molecule has 33 heavy (non-hydrogen) atoms. The van der Waals surface area contributed by atoms with Crippen LogP contribution in [0.5, 0.6) is 0 Å². The summed E-state index contributed by atoms with van der Waals surface area (Å²) in [6, 6.07) is 18.8. The van der Waals surface area contributed by atoms with Gasteiger partial charge < -0.3 is 0 Å². The van der Waals surface area contributed by atoms with Crippen LogP contribution < -0.4 is 4.90 Å². The van der Waals surface area contributed by atoms with Crippen LogP contribution in [0.3, 0.4) is 0 Å². The number of sulfone groups is 1. The minimum Gasteiger partial charge on any atom is -0.284 e. The van der Waals surface area contributed by atoms with Crippen LogP contribution in [0.4, 0.5) is 5.13 Å². The van der Waals surface area contributed by atoms with Crippen molar-refractivity contribution in [2.75, 3.05) is 10.7 Å². The average Bonchev–Trinajstić information content (AvgIpc) is 3.21. The molecule has 6 nitrogen and oxygen atoms in total. The summed E-state index contributed by atoms with van der Waals surface area (Å²) in [5.41, 5.74) is 3.62.